The van der Waals surface area contributed by atoms with Crippen LogP contribution >= 0.6 is 0 Å². The summed E-state index contributed by atoms with van der Waals surface area (Å²) < 4.78 is 5.11. The molecule has 1 aromatic rings. The van der Waals surface area contributed by atoms with Gasteiger partial charge >= 0.3 is 0 Å². The van der Waals surface area contributed by atoms with Gasteiger partial charge in [0.2, 0.25) is 0 Å². The Morgan fingerprint density at radius 3 is 2.93 bits per heavy atom. The van der Waals surface area contributed by atoms with Crippen LogP contribution < -0.4 is 5.56 Å². The quantitative estimate of drug-likeness (QED) is 0.778. The zero-order valence-corrected chi connectivity index (χ0v) is 8.83. The number of nitrogens with one attached hydrogen (secondary N) is 1. The van der Waals surface area contributed by atoms with E-state index >= 15 is 0 Å². The van der Waals surface area contributed by atoms with E-state index in [0.29, 0.717) is 12.2 Å². The van der Waals surface area contributed by atoms with Gasteiger partial charge in [0.15, 0.2) is 0 Å². The van der Waals surface area contributed by atoms with Crippen molar-refractivity contribution in [2.45, 2.75) is 32.8 Å². The van der Waals surface area contributed by atoms with Gasteiger partial charge in [0.1, 0.15) is 5.82 Å². The maximum Gasteiger partial charge on any atom is 0.251 e. The summed E-state index contributed by atoms with van der Waals surface area (Å²) in [6.07, 6.45) is 1.49. The first kappa shape index (κ1) is 10.9. The van der Waals surface area contributed by atoms with Gasteiger partial charge in [0.05, 0.1) is 6.10 Å². The molecular weight excluding hydrogens is 180 g/mol. The highest BCUT2D eigenvalue weighted by Crippen LogP contribution is 1.99. The number of ether oxygens (including phenoxy) is 1. The van der Waals surface area contributed by atoms with Crippen molar-refractivity contribution in [1.29, 1.82) is 0 Å². The number of H-pyrrole nitrogens is 1. The third kappa shape index (κ3) is 2.96. The lowest BCUT2D eigenvalue weighted by Crippen LogP contribution is -2.17. The molecule has 4 nitrogen and oxygen atoms in total. The molecule has 1 atom stereocenters. The molecule has 0 aliphatic carbocycles. The lowest BCUT2D eigenvalue weighted by atomic mass is 10.2. The Kier molecular flexibility index (Phi) is 3.83. The Morgan fingerprint density at radius 1 is 1.64 bits per heavy atom. The summed E-state index contributed by atoms with van der Waals surface area (Å²) in [7, 11) is 1.65. The number of rotatable bonds is 4. The van der Waals surface area contributed by atoms with Crippen molar-refractivity contribution in [3.05, 3.63) is 27.9 Å². The molecule has 0 bridgehead atoms. The van der Waals surface area contributed by atoms with Crippen LogP contribution in [-0.4, -0.2) is 23.2 Å². The third-order valence-electron chi connectivity index (χ3n) is 2.09. The van der Waals surface area contributed by atoms with Gasteiger partial charge in [-0.2, -0.15) is 0 Å². The second-order valence-electron chi connectivity index (χ2n) is 3.29. The summed E-state index contributed by atoms with van der Waals surface area (Å²) >= 11 is 0. The highest BCUT2D eigenvalue weighted by atomic mass is 16.5. The first-order valence-electron chi connectivity index (χ1n) is 4.77. The van der Waals surface area contributed by atoms with Gasteiger partial charge in [-0.1, -0.05) is 6.92 Å². The highest BCUT2D eigenvalue weighted by molar-refractivity contribution is 5.03. The number of aromatic nitrogens is 2. The van der Waals surface area contributed by atoms with E-state index in [2.05, 4.69) is 9.97 Å². The van der Waals surface area contributed by atoms with Crippen molar-refractivity contribution in [3.8, 4) is 0 Å². The standard InChI is InChI=1S/C10H16N2O2/c1-4-8-6-10(13)12-9(11-8)5-7(2)14-3/h6-7H,4-5H2,1-3H3,(H,11,12,13). The van der Waals surface area contributed by atoms with E-state index in [4.69, 9.17) is 4.74 Å². The van der Waals surface area contributed by atoms with Crippen molar-refractivity contribution in [2.24, 2.45) is 0 Å². The van der Waals surface area contributed by atoms with E-state index < -0.39 is 0 Å². The molecule has 14 heavy (non-hydrogen) atoms. The smallest absolute Gasteiger partial charge is 0.251 e. The fourth-order valence-corrected chi connectivity index (χ4v) is 1.20. The van der Waals surface area contributed by atoms with Crippen LogP contribution in [0.15, 0.2) is 10.9 Å². The summed E-state index contributed by atoms with van der Waals surface area (Å²) in [5.74, 6) is 0.698. The monoisotopic (exact) mass is 196 g/mol. The van der Waals surface area contributed by atoms with Gasteiger partial charge in [0, 0.05) is 25.3 Å². The Balaban J connectivity index is 2.86. The molecule has 1 unspecified atom stereocenters. The first-order valence-corrected chi connectivity index (χ1v) is 4.77. The predicted octanol–water partition coefficient (Wildman–Crippen LogP) is 0.910. The number of aromatic amines is 1. The first-order chi connectivity index (χ1) is 6.65. The average Bonchev–Trinajstić information content (AvgIpc) is 2.16. The molecule has 1 aromatic heterocycles. The van der Waals surface area contributed by atoms with Gasteiger partial charge in [-0.3, -0.25) is 4.79 Å². The van der Waals surface area contributed by atoms with Crippen molar-refractivity contribution >= 4 is 0 Å². The molecule has 1 rings (SSSR count). The molecule has 1 heterocycles. The van der Waals surface area contributed by atoms with Crippen molar-refractivity contribution in [2.75, 3.05) is 7.11 Å². The molecule has 0 aliphatic heterocycles. The maximum atomic E-state index is 11.2. The van der Waals surface area contributed by atoms with Crippen molar-refractivity contribution < 1.29 is 4.74 Å². The van der Waals surface area contributed by atoms with Crippen LogP contribution in [0.3, 0.4) is 0 Å². The van der Waals surface area contributed by atoms with Crippen LogP contribution in [-0.2, 0) is 17.6 Å². The highest BCUT2D eigenvalue weighted by Gasteiger charge is 2.05. The molecule has 0 amide bonds. The Hall–Kier alpha value is -1.16. The van der Waals surface area contributed by atoms with Crippen LogP contribution in [0.5, 0.6) is 0 Å². The van der Waals surface area contributed by atoms with E-state index in [9.17, 15) is 4.79 Å². The van der Waals surface area contributed by atoms with Gasteiger partial charge in [-0.05, 0) is 13.3 Å². The van der Waals surface area contributed by atoms with Crippen molar-refractivity contribution in [1.82, 2.24) is 9.97 Å². The van der Waals surface area contributed by atoms with Crippen LogP contribution in [0.4, 0.5) is 0 Å². The molecule has 0 aromatic carbocycles. The van der Waals surface area contributed by atoms with Gasteiger partial charge in [-0.15, -0.1) is 0 Å². The van der Waals surface area contributed by atoms with Crippen molar-refractivity contribution in [3.63, 3.8) is 0 Å². The molecule has 0 spiro atoms. The molecule has 0 saturated carbocycles. The molecule has 4 heteroatoms. The second-order valence-corrected chi connectivity index (χ2v) is 3.29. The van der Waals surface area contributed by atoms with Gasteiger partial charge in [0.25, 0.3) is 5.56 Å². The minimum absolute atomic E-state index is 0.0743. The number of aryl methyl sites for hydroxylation is 1. The Labute approximate surface area is 83.3 Å². The predicted molar refractivity (Wildman–Crippen MR) is 54.4 cm³/mol. The Bertz CT molecular complexity index is 346. The van der Waals surface area contributed by atoms with E-state index in [1.807, 2.05) is 13.8 Å². The fourth-order valence-electron chi connectivity index (χ4n) is 1.20. The largest absolute Gasteiger partial charge is 0.381 e. The van der Waals surface area contributed by atoms with Gasteiger partial charge in [-0.25, -0.2) is 4.98 Å². The summed E-state index contributed by atoms with van der Waals surface area (Å²) in [4.78, 5) is 18.2. The number of hydrogen-bond acceptors (Lipinski definition) is 3. The summed E-state index contributed by atoms with van der Waals surface area (Å²) in [5, 5.41) is 0. The minimum Gasteiger partial charge on any atom is -0.381 e. The Morgan fingerprint density at radius 2 is 2.36 bits per heavy atom. The van der Waals surface area contributed by atoms with E-state index in [-0.39, 0.29) is 11.7 Å². The molecule has 0 saturated heterocycles. The summed E-state index contributed by atoms with van der Waals surface area (Å²) in [6.45, 7) is 3.92. The van der Waals surface area contributed by atoms with Crippen LogP contribution in [0.25, 0.3) is 0 Å². The van der Waals surface area contributed by atoms with E-state index in [1.165, 1.54) is 6.07 Å². The normalized spacial score (nSPS) is 12.8. The van der Waals surface area contributed by atoms with E-state index in [0.717, 1.165) is 12.1 Å². The zero-order valence-electron chi connectivity index (χ0n) is 8.83. The van der Waals surface area contributed by atoms with E-state index in [1.54, 1.807) is 7.11 Å². The SMILES string of the molecule is CCc1cc(=O)[nH]c(CC(C)OC)n1. The topological polar surface area (TPSA) is 55.0 Å². The van der Waals surface area contributed by atoms with Gasteiger partial charge < -0.3 is 9.72 Å². The van der Waals surface area contributed by atoms with Crippen LogP contribution in [0, 0.1) is 0 Å². The molecule has 1 N–H and O–H groups in total. The van der Waals surface area contributed by atoms with Crippen LogP contribution in [0.1, 0.15) is 25.4 Å². The molecule has 78 valence electrons. The lowest BCUT2D eigenvalue weighted by molar-refractivity contribution is 0.117. The summed E-state index contributed by atoms with van der Waals surface area (Å²) in [5.41, 5.74) is 0.738. The molecule has 0 radical (unpaired) electrons. The lowest BCUT2D eigenvalue weighted by Gasteiger charge is -2.08. The number of methoxy groups -OCH3 is 1. The number of hydrogen-bond donors (Lipinski definition) is 1. The minimum atomic E-state index is -0.0878. The zero-order chi connectivity index (χ0) is 10.6. The third-order valence-corrected chi connectivity index (χ3v) is 2.09. The molecule has 0 fully saturated rings. The number of nitrogens with zero attached hydrogens (tertiary/aromatic N) is 1. The molecule has 0 aliphatic rings. The average molecular weight is 196 g/mol. The molecular formula is C10H16N2O2. The summed E-state index contributed by atoms with van der Waals surface area (Å²) in [6, 6.07) is 1.53. The second kappa shape index (κ2) is 4.91. The maximum absolute atomic E-state index is 11.2. The fraction of sp³-hybridized carbons (Fsp3) is 0.600. The van der Waals surface area contributed by atoms with Crippen LogP contribution in [0.2, 0.25) is 0 Å².